The number of carbonyl (C=O) groups excluding carboxylic acids is 7. The number of carboxylic acids is 2. The van der Waals surface area contributed by atoms with E-state index in [1.807, 2.05) is 112 Å². The highest BCUT2D eigenvalue weighted by molar-refractivity contribution is 9.09. The lowest BCUT2D eigenvalue weighted by atomic mass is 10.2. The SMILES string of the molecule is CC(C)(C)OC(=O)CBr.CC(C)(C)OC(=O)COC(=O)CCNC(=O)OCc1ccccc1.O=C(O)CCNC(=O)OCc1ccccc1.O=C(O)COC(=O)CCNC(=O)OCc1ccccc1. The smallest absolute Gasteiger partial charge is 0.407 e. The molecule has 21 nitrogen and oxygen atoms in total. The lowest BCUT2D eigenvalue weighted by Crippen LogP contribution is -2.29. The third-order valence-corrected chi connectivity index (χ3v) is 7.56. The van der Waals surface area contributed by atoms with Gasteiger partial charge in [0, 0.05) is 19.6 Å². The number of benzene rings is 3. The van der Waals surface area contributed by atoms with Gasteiger partial charge in [-0.2, -0.15) is 0 Å². The molecule has 69 heavy (non-hydrogen) atoms. The van der Waals surface area contributed by atoms with Crippen LogP contribution in [0.4, 0.5) is 14.4 Å². The lowest BCUT2D eigenvalue weighted by molar-refractivity contribution is -0.166. The van der Waals surface area contributed by atoms with Crippen LogP contribution < -0.4 is 16.0 Å². The van der Waals surface area contributed by atoms with Crippen molar-refractivity contribution in [2.45, 2.75) is 91.8 Å². The van der Waals surface area contributed by atoms with Gasteiger partial charge in [0.2, 0.25) is 0 Å². The number of esters is 4. The number of alkyl carbamates (subject to hydrolysis) is 3. The summed E-state index contributed by atoms with van der Waals surface area (Å²) >= 11 is 2.99. The van der Waals surface area contributed by atoms with Gasteiger partial charge < -0.3 is 59.3 Å². The van der Waals surface area contributed by atoms with Gasteiger partial charge >= 0.3 is 54.1 Å². The molecule has 0 unspecified atom stereocenters. The van der Waals surface area contributed by atoms with Crippen LogP contribution in [0.2, 0.25) is 0 Å². The maximum Gasteiger partial charge on any atom is 0.407 e. The Balaban J connectivity index is 0.000000936. The molecule has 0 spiro atoms. The Kier molecular flexibility index (Phi) is 32.1. The van der Waals surface area contributed by atoms with E-state index >= 15 is 0 Å². The zero-order valence-corrected chi connectivity index (χ0v) is 41.0. The normalized spacial score (nSPS) is 10.1. The molecule has 0 saturated heterocycles. The number of ether oxygens (including phenoxy) is 7. The summed E-state index contributed by atoms with van der Waals surface area (Å²) in [5.74, 6) is -4.33. The molecule has 0 atom stereocenters. The van der Waals surface area contributed by atoms with Crippen molar-refractivity contribution in [3.05, 3.63) is 108 Å². The zero-order valence-electron chi connectivity index (χ0n) is 39.4. The molecule has 0 aliphatic carbocycles. The summed E-state index contributed by atoms with van der Waals surface area (Å²) in [7, 11) is 0. The quantitative estimate of drug-likeness (QED) is 0.0476. The summed E-state index contributed by atoms with van der Waals surface area (Å²) in [6, 6.07) is 27.6. The van der Waals surface area contributed by atoms with E-state index in [1.54, 1.807) is 20.8 Å². The van der Waals surface area contributed by atoms with E-state index in [9.17, 15) is 43.2 Å². The van der Waals surface area contributed by atoms with Crippen LogP contribution in [-0.2, 0) is 81.7 Å². The van der Waals surface area contributed by atoms with Crippen molar-refractivity contribution >= 4 is 70.0 Å². The number of hydrogen-bond acceptors (Lipinski definition) is 16. The highest BCUT2D eigenvalue weighted by atomic mass is 79.9. The predicted molar refractivity (Wildman–Crippen MR) is 250 cm³/mol. The summed E-state index contributed by atoms with van der Waals surface area (Å²) in [6.45, 7) is 10.2. The standard InChI is InChI=1S/C17H23NO6.C13H15NO6.C11H13NO4.C6H11BrO2/c1-17(2,3)24-15(20)12-22-14(19)9-10-18-16(21)23-11-13-7-5-4-6-8-13;15-11(16)9-19-12(17)6-7-14-13(18)20-8-10-4-2-1-3-5-10;13-10(14)6-7-12-11(15)16-8-9-4-2-1-3-5-9;1-6(2,3)9-5(8)4-7/h4-8H,9-12H2,1-3H3,(H,18,21);1-5H,6-9H2,(H,14,18)(H,15,16);1-5H,6-8H2,(H,12,15)(H,13,14);4H2,1-3H3. The molecule has 380 valence electrons. The molecule has 3 aromatic rings. The molecular formula is C47H62BrN3O18. The van der Waals surface area contributed by atoms with Crippen LogP contribution in [0.3, 0.4) is 0 Å². The second-order valence-electron chi connectivity index (χ2n) is 15.6. The first-order chi connectivity index (χ1) is 32.5. The Hall–Kier alpha value is -7.23. The highest BCUT2D eigenvalue weighted by Crippen LogP contribution is 2.08. The number of halogens is 1. The fourth-order valence-corrected chi connectivity index (χ4v) is 4.41. The summed E-state index contributed by atoms with van der Waals surface area (Å²) in [5.41, 5.74) is 1.61. The molecular weight excluding hydrogens is 974 g/mol. The minimum absolute atomic E-state index is 0.0199. The molecule has 0 saturated carbocycles. The van der Waals surface area contributed by atoms with Gasteiger partial charge in [-0.05, 0) is 58.2 Å². The van der Waals surface area contributed by atoms with Crippen LogP contribution in [0.5, 0.6) is 0 Å². The number of amides is 3. The van der Waals surface area contributed by atoms with Crippen molar-refractivity contribution < 1.29 is 86.5 Å². The minimum Gasteiger partial charge on any atom is -0.481 e. The first kappa shape index (κ1) is 61.8. The van der Waals surface area contributed by atoms with E-state index < -0.39 is 66.9 Å². The Morgan fingerprint density at radius 1 is 0.435 bits per heavy atom. The highest BCUT2D eigenvalue weighted by Gasteiger charge is 2.18. The van der Waals surface area contributed by atoms with Crippen LogP contribution in [0, 0.1) is 0 Å². The van der Waals surface area contributed by atoms with Gasteiger partial charge in [0.15, 0.2) is 13.2 Å². The van der Waals surface area contributed by atoms with E-state index in [0.29, 0.717) is 0 Å². The van der Waals surface area contributed by atoms with E-state index in [0.717, 1.165) is 16.7 Å². The van der Waals surface area contributed by atoms with Gasteiger partial charge in [0.25, 0.3) is 0 Å². The molecule has 3 amide bonds. The average molecular weight is 1040 g/mol. The Morgan fingerprint density at radius 2 is 0.754 bits per heavy atom. The van der Waals surface area contributed by atoms with E-state index in [-0.39, 0.29) is 75.6 Å². The van der Waals surface area contributed by atoms with Gasteiger partial charge in [-0.3, -0.25) is 19.2 Å². The topological polar surface area (TPSA) is 295 Å². The van der Waals surface area contributed by atoms with Gasteiger partial charge in [-0.25, -0.2) is 24.0 Å². The number of carbonyl (C=O) groups is 9. The largest absolute Gasteiger partial charge is 0.481 e. The number of carboxylic acid groups (broad SMARTS) is 2. The molecule has 0 heterocycles. The zero-order chi connectivity index (χ0) is 52.1. The Labute approximate surface area is 409 Å². The fourth-order valence-electron chi connectivity index (χ4n) is 4.29. The van der Waals surface area contributed by atoms with Crippen molar-refractivity contribution in [3.8, 4) is 0 Å². The molecule has 5 N–H and O–H groups in total. The molecule has 0 aliphatic heterocycles. The van der Waals surface area contributed by atoms with Gasteiger partial charge in [0.05, 0.1) is 19.3 Å². The third kappa shape index (κ3) is 40.7. The van der Waals surface area contributed by atoms with Crippen molar-refractivity contribution in [1.82, 2.24) is 16.0 Å². The number of aliphatic carboxylic acids is 2. The number of rotatable bonds is 20. The van der Waals surface area contributed by atoms with Crippen molar-refractivity contribution in [1.29, 1.82) is 0 Å². The molecule has 3 rings (SSSR count). The Bertz CT molecular complexity index is 2010. The molecule has 3 aromatic carbocycles. The maximum absolute atomic E-state index is 11.5. The molecule has 0 radical (unpaired) electrons. The molecule has 0 aliphatic rings. The first-order valence-electron chi connectivity index (χ1n) is 21.1. The Morgan fingerprint density at radius 3 is 1.04 bits per heavy atom. The van der Waals surface area contributed by atoms with Crippen molar-refractivity contribution in [3.63, 3.8) is 0 Å². The third-order valence-electron chi connectivity index (χ3n) is 7.10. The molecule has 22 heteroatoms. The molecule has 0 fully saturated rings. The van der Waals surface area contributed by atoms with Crippen LogP contribution >= 0.6 is 15.9 Å². The van der Waals surface area contributed by atoms with Gasteiger partial charge in [-0.1, -0.05) is 107 Å². The van der Waals surface area contributed by atoms with Crippen LogP contribution in [0.25, 0.3) is 0 Å². The van der Waals surface area contributed by atoms with E-state index in [2.05, 4.69) is 36.6 Å². The van der Waals surface area contributed by atoms with E-state index in [1.165, 1.54) is 0 Å². The number of nitrogens with one attached hydrogen (secondary N) is 3. The molecule has 0 aromatic heterocycles. The summed E-state index contributed by atoms with van der Waals surface area (Å²) < 4.78 is 33.8. The lowest BCUT2D eigenvalue weighted by Gasteiger charge is -2.19. The fraction of sp³-hybridized carbons (Fsp3) is 0.426. The first-order valence-corrected chi connectivity index (χ1v) is 22.2. The van der Waals surface area contributed by atoms with Crippen molar-refractivity contribution in [2.75, 3.05) is 38.2 Å². The maximum atomic E-state index is 11.5. The van der Waals surface area contributed by atoms with Crippen LogP contribution in [0.1, 0.15) is 77.5 Å². The van der Waals surface area contributed by atoms with E-state index in [4.69, 9.17) is 38.6 Å². The second kappa shape index (κ2) is 35.9. The summed E-state index contributed by atoms with van der Waals surface area (Å²) in [4.78, 5) is 98.5. The predicted octanol–water partition coefficient (Wildman–Crippen LogP) is 6.23. The molecule has 0 bridgehead atoms. The number of hydrogen-bond donors (Lipinski definition) is 5. The monoisotopic (exact) mass is 1040 g/mol. The minimum atomic E-state index is -1.23. The summed E-state index contributed by atoms with van der Waals surface area (Å²) in [5, 5.41) is 24.0. The van der Waals surface area contributed by atoms with Crippen LogP contribution in [-0.4, -0.2) is 114 Å². The second-order valence-corrected chi connectivity index (χ2v) is 16.2. The van der Waals surface area contributed by atoms with Gasteiger partial charge in [0.1, 0.15) is 36.4 Å². The average Bonchev–Trinajstić information content (AvgIpc) is 3.28. The van der Waals surface area contributed by atoms with Crippen LogP contribution in [0.15, 0.2) is 91.0 Å². The summed E-state index contributed by atoms with van der Waals surface area (Å²) in [6.07, 6.45) is -2.18. The van der Waals surface area contributed by atoms with Gasteiger partial charge in [-0.15, -0.1) is 0 Å². The van der Waals surface area contributed by atoms with Crippen molar-refractivity contribution in [2.24, 2.45) is 0 Å². The number of alkyl halides is 1.